The summed E-state index contributed by atoms with van der Waals surface area (Å²) >= 11 is 0. The molecule has 0 fully saturated rings. The number of ether oxygens (including phenoxy) is 1. The van der Waals surface area contributed by atoms with E-state index in [2.05, 4.69) is 16.7 Å². The monoisotopic (exact) mass is 462 g/mol. The summed E-state index contributed by atoms with van der Waals surface area (Å²) in [4.78, 5) is 5.77. The lowest BCUT2D eigenvalue weighted by molar-refractivity contribution is 0.415. The van der Waals surface area contributed by atoms with E-state index in [1.807, 2.05) is 66.7 Å². The van der Waals surface area contributed by atoms with E-state index in [-0.39, 0.29) is 11.6 Å². The summed E-state index contributed by atoms with van der Waals surface area (Å²) in [6, 6.07) is 22.9. The summed E-state index contributed by atoms with van der Waals surface area (Å²) < 4.78 is 31.2. The van der Waals surface area contributed by atoms with Crippen LogP contribution in [0.3, 0.4) is 0 Å². The Balaban J connectivity index is 0.000000323. The fraction of sp³-hybridized carbons (Fsp3) is 0.120. The fourth-order valence-electron chi connectivity index (χ4n) is 2.97. The molecule has 8 heteroatoms. The Labute approximate surface area is 194 Å². The molecule has 0 saturated heterocycles. The van der Waals surface area contributed by atoms with E-state index in [4.69, 9.17) is 4.74 Å². The molecular formula is C25H26N4O3S. The van der Waals surface area contributed by atoms with Gasteiger partial charge in [0.25, 0.3) is 0 Å². The molecule has 4 aromatic rings. The Kier molecular flexibility index (Phi) is 8.37. The van der Waals surface area contributed by atoms with Gasteiger partial charge in [-0.1, -0.05) is 42.5 Å². The van der Waals surface area contributed by atoms with Crippen LogP contribution in [0.5, 0.6) is 5.75 Å². The number of methoxy groups -OCH3 is 1. The van der Waals surface area contributed by atoms with E-state index in [0.717, 1.165) is 11.4 Å². The third kappa shape index (κ3) is 7.05. The van der Waals surface area contributed by atoms with Gasteiger partial charge in [0.2, 0.25) is 0 Å². The van der Waals surface area contributed by atoms with E-state index in [1.54, 1.807) is 47.5 Å². The number of hydrogen-bond acceptors (Lipinski definition) is 6. The molecule has 0 atom stereocenters. The van der Waals surface area contributed by atoms with E-state index in [1.165, 1.54) is 6.08 Å². The van der Waals surface area contributed by atoms with Crippen LogP contribution in [-0.4, -0.2) is 41.9 Å². The predicted molar refractivity (Wildman–Crippen MR) is 132 cm³/mol. The Morgan fingerprint density at radius 3 is 2.24 bits per heavy atom. The Bertz CT molecular complexity index is 1230. The summed E-state index contributed by atoms with van der Waals surface area (Å²) in [6.45, 7) is 3.52. The zero-order valence-corrected chi connectivity index (χ0v) is 19.2. The van der Waals surface area contributed by atoms with Crippen LogP contribution in [0.2, 0.25) is 0 Å². The molecular weight excluding hydrogens is 436 g/mol. The van der Waals surface area contributed by atoms with Gasteiger partial charge in [-0.15, -0.1) is 6.58 Å². The van der Waals surface area contributed by atoms with Gasteiger partial charge in [-0.3, -0.25) is 4.98 Å². The van der Waals surface area contributed by atoms with Gasteiger partial charge >= 0.3 is 0 Å². The van der Waals surface area contributed by atoms with Crippen LogP contribution in [-0.2, 0) is 9.84 Å². The predicted octanol–water partition coefficient (Wildman–Crippen LogP) is 4.66. The maximum absolute atomic E-state index is 12.3. The minimum absolute atomic E-state index is 0.0867. The number of anilines is 2. The molecule has 0 aliphatic carbocycles. The first-order chi connectivity index (χ1) is 16.0. The van der Waals surface area contributed by atoms with Crippen molar-refractivity contribution in [2.75, 3.05) is 23.6 Å². The van der Waals surface area contributed by atoms with Crippen LogP contribution >= 0.6 is 0 Å². The molecule has 0 saturated carbocycles. The van der Waals surface area contributed by atoms with Crippen molar-refractivity contribution in [2.45, 2.75) is 0 Å². The first-order valence-electron chi connectivity index (χ1n) is 10.2. The zero-order valence-electron chi connectivity index (χ0n) is 18.4. The maximum atomic E-state index is 12.3. The van der Waals surface area contributed by atoms with Crippen LogP contribution in [0.25, 0.3) is 5.69 Å². The van der Waals surface area contributed by atoms with Crippen molar-refractivity contribution < 1.29 is 13.2 Å². The highest BCUT2D eigenvalue weighted by molar-refractivity contribution is 7.91. The SMILES string of the molecule is C=CCS(=O)(=O)CN(c1cccnc1)c1cnn(-c2ccccc2)c1.COc1ccccc1. The van der Waals surface area contributed by atoms with Crippen molar-refractivity contribution in [3.05, 3.63) is 110 Å². The molecule has 4 rings (SSSR count). The number of hydrogen-bond donors (Lipinski definition) is 0. The lowest BCUT2D eigenvalue weighted by Gasteiger charge is -2.22. The van der Waals surface area contributed by atoms with Crippen LogP contribution in [0, 0.1) is 0 Å². The second-order valence-corrected chi connectivity index (χ2v) is 9.04. The molecule has 2 aromatic heterocycles. The van der Waals surface area contributed by atoms with Gasteiger partial charge in [0.05, 0.1) is 48.5 Å². The first kappa shape index (κ1) is 23.7. The molecule has 0 spiro atoms. The van der Waals surface area contributed by atoms with Crippen molar-refractivity contribution in [1.82, 2.24) is 14.8 Å². The number of rotatable bonds is 8. The van der Waals surface area contributed by atoms with Gasteiger partial charge in [-0.2, -0.15) is 5.10 Å². The van der Waals surface area contributed by atoms with Gasteiger partial charge in [0.15, 0.2) is 9.84 Å². The van der Waals surface area contributed by atoms with Gasteiger partial charge in [0.1, 0.15) is 11.6 Å². The summed E-state index contributed by atoms with van der Waals surface area (Å²) in [5.74, 6) is 0.648. The summed E-state index contributed by atoms with van der Waals surface area (Å²) in [7, 11) is -1.68. The summed E-state index contributed by atoms with van der Waals surface area (Å²) in [5, 5.41) is 4.35. The Morgan fingerprint density at radius 1 is 0.970 bits per heavy atom. The largest absolute Gasteiger partial charge is 0.497 e. The zero-order chi connectivity index (χ0) is 23.5. The van der Waals surface area contributed by atoms with E-state index >= 15 is 0 Å². The fourth-order valence-corrected chi connectivity index (χ4v) is 4.13. The Hall–Kier alpha value is -3.91. The van der Waals surface area contributed by atoms with Crippen molar-refractivity contribution in [1.29, 1.82) is 0 Å². The van der Waals surface area contributed by atoms with Gasteiger partial charge < -0.3 is 9.64 Å². The van der Waals surface area contributed by atoms with Crippen LogP contribution in [0.1, 0.15) is 0 Å². The van der Waals surface area contributed by atoms with Crippen LogP contribution in [0.4, 0.5) is 11.4 Å². The average molecular weight is 463 g/mol. The topological polar surface area (TPSA) is 77.3 Å². The van der Waals surface area contributed by atoms with Gasteiger partial charge in [-0.25, -0.2) is 13.1 Å². The highest BCUT2D eigenvalue weighted by Gasteiger charge is 2.19. The second kappa shape index (κ2) is 11.6. The first-order valence-corrected chi connectivity index (χ1v) is 12.0. The molecule has 7 nitrogen and oxygen atoms in total. The molecule has 170 valence electrons. The summed E-state index contributed by atoms with van der Waals surface area (Å²) in [5.41, 5.74) is 2.25. The quantitative estimate of drug-likeness (QED) is 0.355. The average Bonchev–Trinajstić information content (AvgIpc) is 3.35. The molecule has 0 bridgehead atoms. The minimum atomic E-state index is -3.34. The highest BCUT2D eigenvalue weighted by Crippen LogP contribution is 2.26. The van der Waals surface area contributed by atoms with Gasteiger partial charge in [0, 0.05) is 6.20 Å². The van der Waals surface area contributed by atoms with Crippen molar-refractivity contribution >= 4 is 21.2 Å². The standard InChI is InChI=1S/C18H18N4O2S.C7H8O/c1-2-11-25(23,24)15-21(17-9-6-10-19-12-17)18-13-20-22(14-18)16-7-4-3-5-8-16;1-8-7-5-3-2-4-6-7/h2-10,12-14H,1,11,15H2;2-6H,1H3. The third-order valence-electron chi connectivity index (χ3n) is 4.54. The van der Waals surface area contributed by atoms with Gasteiger partial charge in [-0.05, 0) is 36.4 Å². The molecule has 33 heavy (non-hydrogen) atoms. The van der Waals surface area contributed by atoms with Crippen LogP contribution < -0.4 is 9.64 Å². The Morgan fingerprint density at radius 2 is 1.67 bits per heavy atom. The minimum Gasteiger partial charge on any atom is -0.497 e. The van der Waals surface area contributed by atoms with E-state index in [9.17, 15) is 8.42 Å². The molecule has 0 aliphatic rings. The number of nitrogens with zero attached hydrogens (tertiary/aromatic N) is 4. The molecule has 2 aromatic carbocycles. The van der Waals surface area contributed by atoms with E-state index in [0.29, 0.717) is 11.4 Å². The number of aromatic nitrogens is 3. The highest BCUT2D eigenvalue weighted by atomic mass is 32.2. The third-order valence-corrected chi connectivity index (χ3v) is 5.93. The molecule has 0 unspecified atom stereocenters. The lowest BCUT2D eigenvalue weighted by Crippen LogP contribution is -2.26. The lowest BCUT2D eigenvalue weighted by atomic mass is 10.3. The summed E-state index contributed by atoms with van der Waals surface area (Å²) in [6.07, 6.45) is 8.11. The maximum Gasteiger partial charge on any atom is 0.172 e. The number of para-hydroxylation sites is 2. The number of sulfone groups is 1. The molecule has 0 N–H and O–H groups in total. The van der Waals surface area contributed by atoms with E-state index < -0.39 is 9.84 Å². The van der Waals surface area contributed by atoms with Crippen molar-refractivity contribution in [2.24, 2.45) is 0 Å². The van der Waals surface area contributed by atoms with Crippen molar-refractivity contribution in [3.63, 3.8) is 0 Å². The normalized spacial score (nSPS) is 10.6. The molecule has 0 amide bonds. The second-order valence-electron chi connectivity index (χ2n) is 6.96. The number of benzene rings is 2. The molecule has 2 heterocycles. The van der Waals surface area contributed by atoms with Crippen LogP contribution in [0.15, 0.2) is 110 Å². The number of pyridine rings is 1. The van der Waals surface area contributed by atoms with Crippen molar-refractivity contribution in [3.8, 4) is 11.4 Å². The molecule has 0 aliphatic heterocycles. The molecule has 0 radical (unpaired) electrons. The smallest absolute Gasteiger partial charge is 0.172 e.